The summed E-state index contributed by atoms with van der Waals surface area (Å²) >= 11 is 1.41. The Morgan fingerprint density at radius 1 is 1.42 bits per heavy atom. The fraction of sp³-hybridized carbons (Fsp3) is 0.0556. The molecule has 0 unspecified atom stereocenters. The molecule has 5 nitrogen and oxygen atoms in total. The zero-order valence-corrected chi connectivity index (χ0v) is 13.8. The predicted octanol–water partition coefficient (Wildman–Crippen LogP) is 3.89. The third-order valence-electron chi connectivity index (χ3n) is 3.60. The first-order valence-electron chi connectivity index (χ1n) is 7.20. The number of nitriles is 1. The first-order chi connectivity index (χ1) is 11.6. The molecule has 3 heterocycles. The first-order valence-corrected chi connectivity index (χ1v) is 8.08. The third kappa shape index (κ3) is 2.85. The van der Waals surface area contributed by atoms with Crippen LogP contribution in [0, 0.1) is 18.3 Å². The van der Waals surface area contributed by atoms with Gasteiger partial charge in [0.25, 0.3) is 5.56 Å². The van der Waals surface area contributed by atoms with Crippen molar-refractivity contribution in [1.82, 2.24) is 15.0 Å². The van der Waals surface area contributed by atoms with Crippen LogP contribution < -0.4 is 5.56 Å². The summed E-state index contributed by atoms with van der Waals surface area (Å²) < 4.78 is 0. The van der Waals surface area contributed by atoms with Gasteiger partial charge in [-0.1, -0.05) is 12.7 Å². The van der Waals surface area contributed by atoms with Gasteiger partial charge in [-0.25, -0.2) is 4.98 Å². The molecule has 6 heteroatoms. The lowest BCUT2D eigenvalue weighted by molar-refractivity contribution is 1.23. The highest BCUT2D eigenvalue weighted by molar-refractivity contribution is 7.13. The Morgan fingerprint density at radius 2 is 2.25 bits per heavy atom. The van der Waals surface area contributed by atoms with Crippen molar-refractivity contribution in [3.05, 3.63) is 69.7 Å². The van der Waals surface area contributed by atoms with Gasteiger partial charge in [-0.05, 0) is 25.1 Å². The van der Waals surface area contributed by atoms with E-state index in [9.17, 15) is 4.79 Å². The number of aryl methyl sites for hydroxylation is 1. The third-order valence-corrected chi connectivity index (χ3v) is 4.48. The molecule has 3 rings (SSSR count). The number of pyridine rings is 1. The van der Waals surface area contributed by atoms with Crippen molar-refractivity contribution < 1.29 is 0 Å². The minimum Gasteiger partial charge on any atom is -0.364 e. The smallest absolute Gasteiger partial charge is 0.258 e. The van der Waals surface area contributed by atoms with Crippen molar-refractivity contribution in [2.45, 2.75) is 6.92 Å². The summed E-state index contributed by atoms with van der Waals surface area (Å²) in [4.78, 5) is 22.3. The van der Waals surface area contributed by atoms with E-state index < -0.39 is 0 Å². The van der Waals surface area contributed by atoms with E-state index in [1.807, 2.05) is 18.5 Å². The number of thiazole rings is 1. The number of allylic oxidation sites excluding steroid dienone is 2. The second-order valence-electron chi connectivity index (χ2n) is 5.11. The fourth-order valence-electron chi connectivity index (χ4n) is 2.34. The maximum Gasteiger partial charge on any atom is 0.258 e. The standard InChI is InChI=1S/C18H14N4OS/c1-3-12(8-19)7-14-11(2)21-9-15(14)16-10-24-18(22-16)13-5-4-6-20-17(13)23/h3-7,9-10,21H,1H2,2H3,(H,20,23)/b12-7+. The quantitative estimate of drug-likeness (QED) is 0.560. The molecule has 0 aromatic carbocycles. The van der Waals surface area contributed by atoms with Crippen LogP contribution in [0.2, 0.25) is 0 Å². The van der Waals surface area contributed by atoms with Gasteiger partial charge in [0.1, 0.15) is 5.01 Å². The fourth-order valence-corrected chi connectivity index (χ4v) is 3.18. The van der Waals surface area contributed by atoms with Gasteiger partial charge in [0, 0.05) is 34.6 Å². The Hall–Kier alpha value is -3.17. The van der Waals surface area contributed by atoms with E-state index >= 15 is 0 Å². The van der Waals surface area contributed by atoms with Crippen LogP contribution in [0.25, 0.3) is 27.9 Å². The van der Waals surface area contributed by atoms with Crippen LogP contribution in [0.15, 0.2) is 52.9 Å². The summed E-state index contributed by atoms with van der Waals surface area (Å²) in [6.07, 6.45) is 6.75. The number of nitrogens with zero attached hydrogens (tertiary/aromatic N) is 2. The van der Waals surface area contributed by atoms with E-state index in [1.165, 1.54) is 17.4 Å². The van der Waals surface area contributed by atoms with Crippen LogP contribution in [0.5, 0.6) is 0 Å². The first kappa shape index (κ1) is 15.7. The van der Waals surface area contributed by atoms with E-state index in [2.05, 4.69) is 27.6 Å². The highest BCUT2D eigenvalue weighted by atomic mass is 32.1. The van der Waals surface area contributed by atoms with E-state index in [0.29, 0.717) is 16.1 Å². The number of rotatable bonds is 4. The Kier molecular flexibility index (Phi) is 4.27. The molecule has 0 bridgehead atoms. The topological polar surface area (TPSA) is 85.3 Å². The number of nitrogens with one attached hydrogen (secondary N) is 2. The average molecular weight is 334 g/mol. The molecule has 0 fully saturated rings. The summed E-state index contributed by atoms with van der Waals surface area (Å²) in [5, 5.41) is 11.7. The van der Waals surface area contributed by atoms with Crippen molar-refractivity contribution in [1.29, 1.82) is 5.26 Å². The minimum absolute atomic E-state index is 0.165. The van der Waals surface area contributed by atoms with Crippen LogP contribution in [0.1, 0.15) is 11.3 Å². The van der Waals surface area contributed by atoms with Gasteiger partial charge in [-0.3, -0.25) is 4.79 Å². The van der Waals surface area contributed by atoms with E-state index in [0.717, 1.165) is 22.5 Å². The molecule has 0 aliphatic heterocycles. The van der Waals surface area contributed by atoms with Crippen LogP contribution in [-0.4, -0.2) is 15.0 Å². The maximum absolute atomic E-state index is 11.9. The highest BCUT2D eigenvalue weighted by Crippen LogP contribution is 2.31. The normalized spacial score (nSPS) is 11.2. The second-order valence-corrected chi connectivity index (χ2v) is 5.97. The summed E-state index contributed by atoms with van der Waals surface area (Å²) in [5.41, 5.74) is 4.34. The van der Waals surface area contributed by atoms with Crippen LogP contribution in [0.3, 0.4) is 0 Å². The molecule has 3 aromatic rings. The molecule has 0 aliphatic rings. The van der Waals surface area contributed by atoms with Gasteiger partial charge in [-0.15, -0.1) is 11.3 Å². The number of hydrogen-bond acceptors (Lipinski definition) is 4. The van der Waals surface area contributed by atoms with Gasteiger partial charge in [0.15, 0.2) is 0 Å². The summed E-state index contributed by atoms with van der Waals surface area (Å²) in [6, 6.07) is 5.62. The molecular weight excluding hydrogens is 320 g/mol. The molecule has 0 saturated carbocycles. The molecule has 0 aliphatic carbocycles. The van der Waals surface area contributed by atoms with Crippen molar-refractivity contribution >= 4 is 17.4 Å². The predicted molar refractivity (Wildman–Crippen MR) is 96.5 cm³/mol. The van der Waals surface area contributed by atoms with Crippen molar-refractivity contribution in [2.75, 3.05) is 0 Å². The molecular formula is C18H14N4OS. The Balaban J connectivity index is 2.08. The largest absolute Gasteiger partial charge is 0.364 e. The molecule has 3 aromatic heterocycles. The number of H-pyrrole nitrogens is 2. The maximum atomic E-state index is 11.9. The second kappa shape index (κ2) is 6.52. The molecule has 0 saturated heterocycles. The molecule has 0 atom stereocenters. The summed E-state index contributed by atoms with van der Waals surface area (Å²) in [5.74, 6) is 0. The van der Waals surface area contributed by atoms with Crippen molar-refractivity contribution in [2.24, 2.45) is 0 Å². The Morgan fingerprint density at radius 3 is 2.96 bits per heavy atom. The van der Waals surface area contributed by atoms with Crippen molar-refractivity contribution in [3.63, 3.8) is 0 Å². The number of aromatic amines is 2. The van der Waals surface area contributed by atoms with Crippen LogP contribution in [-0.2, 0) is 0 Å². The molecule has 118 valence electrons. The van der Waals surface area contributed by atoms with Gasteiger partial charge in [-0.2, -0.15) is 5.26 Å². The van der Waals surface area contributed by atoms with Crippen LogP contribution in [0.4, 0.5) is 0 Å². The minimum atomic E-state index is -0.165. The lowest BCUT2D eigenvalue weighted by Gasteiger charge is -1.98. The van der Waals surface area contributed by atoms with Gasteiger partial charge in [0.05, 0.1) is 22.9 Å². The van der Waals surface area contributed by atoms with E-state index in [4.69, 9.17) is 5.26 Å². The number of aromatic nitrogens is 3. The SMILES string of the molecule is C=C/C(C#N)=C\c1c(-c2csc(-c3ccc[nH]c3=O)n2)c[nH]c1C. The van der Waals surface area contributed by atoms with Crippen molar-refractivity contribution in [3.8, 4) is 27.9 Å². The molecule has 2 N–H and O–H groups in total. The van der Waals surface area contributed by atoms with Gasteiger partial charge >= 0.3 is 0 Å². The molecule has 0 amide bonds. The zero-order valence-electron chi connectivity index (χ0n) is 13.0. The monoisotopic (exact) mass is 334 g/mol. The summed E-state index contributed by atoms with van der Waals surface area (Å²) in [7, 11) is 0. The van der Waals surface area contributed by atoms with E-state index in [-0.39, 0.29) is 5.56 Å². The van der Waals surface area contributed by atoms with Gasteiger partial charge < -0.3 is 9.97 Å². The molecule has 0 spiro atoms. The van der Waals surface area contributed by atoms with E-state index in [1.54, 1.807) is 24.4 Å². The molecule has 0 radical (unpaired) electrons. The molecule has 24 heavy (non-hydrogen) atoms. The zero-order chi connectivity index (χ0) is 17.1. The summed E-state index contributed by atoms with van der Waals surface area (Å²) in [6.45, 7) is 5.58. The number of hydrogen-bond donors (Lipinski definition) is 2. The van der Waals surface area contributed by atoms with Gasteiger partial charge in [0.2, 0.25) is 0 Å². The Labute approximate surface area is 142 Å². The lowest BCUT2D eigenvalue weighted by Crippen LogP contribution is -2.06. The lowest BCUT2D eigenvalue weighted by atomic mass is 10.1. The van der Waals surface area contributed by atoms with Crippen LogP contribution >= 0.6 is 11.3 Å². The highest BCUT2D eigenvalue weighted by Gasteiger charge is 2.14. The Bertz CT molecular complexity index is 1030. The average Bonchev–Trinajstić information content (AvgIpc) is 3.20.